The SMILES string of the molecule is CC(C)(C)c1cccc(CC(F)CCN)c1. The molecule has 0 saturated carbocycles. The summed E-state index contributed by atoms with van der Waals surface area (Å²) in [6.45, 7) is 6.91. The van der Waals surface area contributed by atoms with Crippen molar-refractivity contribution in [2.75, 3.05) is 6.54 Å². The van der Waals surface area contributed by atoms with Gasteiger partial charge in [-0.3, -0.25) is 0 Å². The average molecular weight is 223 g/mol. The van der Waals surface area contributed by atoms with Crippen molar-refractivity contribution in [3.05, 3.63) is 35.4 Å². The Morgan fingerprint density at radius 1 is 1.31 bits per heavy atom. The van der Waals surface area contributed by atoms with Crippen LogP contribution in [0.25, 0.3) is 0 Å². The van der Waals surface area contributed by atoms with Crippen LogP contribution in [0.3, 0.4) is 0 Å². The molecule has 1 atom stereocenters. The normalized spacial score (nSPS) is 13.8. The third-order valence-electron chi connectivity index (χ3n) is 2.73. The number of alkyl halides is 1. The van der Waals surface area contributed by atoms with Crippen LogP contribution in [0.4, 0.5) is 4.39 Å². The van der Waals surface area contributed by atoms with Crippen LogP contribution in [-0.2, 0) is 11.8 Å². The van der Waals surface area contributed by atoms with Crippen LogP contribution in [0.15, 0.2) is 24.3 Å². The van der Waals surface area contributed by atoms with Gasteiger partial charge < -0.3 is 5.73 Å². The molecule has 2 N–H and O–H groups in total. The number of rotatable bonds is 4. The number of hydrogen-bond acceptors (Lipinski definition) is 1. The lowest BCUT2D eigenvalue weighted by Crippen LogP contribution is -2.14. The highest BCUT2D eigenvalue weighted by atomic mass is 19.1. The zero-order valence-electron chi connectivity index (χ0n) is 10.5. The molecule has 0 saturated heterocycles. The first-order valence-electron chi connectivity index (χ1n) is 5.87. The van der Waals surface area contributed by atoms with Crippen molar-refractivity contribution in [3.63, 3.8) is 0 Å². The highest BCUT2D eigenvalue weighted by molar-refractivity contribution is 5.28. The number of hydrogen-bond donors (Lipinski definition) is 1. The maximum atomic E-state index is 13.4. The average Bonchev–Trinajstić information content (AvgIpc) is 2.17. The van der Waals surface area contributed by atoms with Crippen molar-refractivity contribution in [1.82, 2.24) is 0 Å². The molecule has 2 heteroatoms. The molecular weight excluding hydrogens is 201 g/mol. The Morgan fingerprint density at radius 2 is 2.00 bits per heavy atom. The number of halogens is 1. The van der Waals surface area contributed by atoms with E-state index in [2.05, 4.69) is 32.9 Å². The van der Waals surface area contributed by atoms with E-state index in [0.717, 1.165) is 5.56 Å². The second kappa shape index (κ2) is 5.44. The van der Waals surface area contributed by atoms with Gasteiger partial charge in [-0.15, -0.1) is 0 Å². The van der Waals surface area contributed by atoms with Crippen LogP contribution < -0.4 is 5.73 Å². The summed E-state index contributed by atoms with van der Waals surface area (Å²) in [7, 11) is 0. The first-order valence-corrected chi connectivity index (χ1v) is 5.87. The molecule has 16 heavy (non-hydrogen) atoms. The van der Waals surface area contributed by atoms with Crippen LogP contribution in [0.5, 0.6) is 0 Å². The summed E-state index contributed by atoms with van der Waals surface area (Å²) in [5.74, 6) is 0. The van der Waals surface area contributed by atoms with Crippen LogP contribution in [0.1, 0.15) is 38.3 Å². The molecule has 0 bridgehead atoms. The highest BCUT2D eigenvalue weighted by Crippen LogP contribution is 2.23. The van der Waals surface area contributed by atoms with E-state index in [1.54, 1.807) is 0 Å². The molecule has 0 aromatic heterocycles. The summed E-state index contributed by atoms with van der Waals surface area (Å²) in [6, 6.07) is 8.19. The molecular formula is C14H22FN. The number of benzene rings is 1. The third kappa shape index (κ3) is 3.93. The zero-order chi connectivity index (χ0) is 12.2. The summed E-state index contributed by atoms with van der Waals surface area (Å²) < 4.78 is 13.4. The molecule has 0 spiro atoms. The lowest BCUT2D eigenvalue weighted by atomic mass is 9.85. The topological polar surface area (TPSA) is 26.0 Å². The van der Waals surface area contributed by atoms with Crippen molar-refractivity contribution in [2.45, 2.75) is 45.2 Å². The van der Waals surface area contributed by atoms with Crippen molar-refractivity contribution in [1.29, 1.82) is 0 Å². The molecule has 1 nitrogen and oxygen atoms in total. The quantitative estimate of drug-likeness (QED) is 0.833. The Balaban J connectivity index is 2.75. The van der Waals surface area contributed by atoms with Crippen LogP contribution in [-0.4, -0.2) is 12.7 Å². The lowest BCUT2D eigenvalue weighted by molar-refractivity contribution is 0.316. The fourth-order valence-electron chi connectivity index (χ4n) is 1.70. The molecule has 1 aromatic rings. The Hall–Kier alpha value is -0.890. The van der Waals surface area contributed by atoms with E-state index in [4.69, 9.17) is 5.73 Å². The predicted molar refractivity (Wildman–Crippen MR) is 67.4 cm³/mol. The van der Waals surface area contributed by atoms with Gasteiger partial charge in [-0.05, 0) is 29.5 Å². The minimum atomic E-state index is -0.819. The van der Waals surface area contributed by atoms with Gasteiger partial charge in [-0.25, -0.2) is 4.39 Å². The lowest BCUT2D eigenvalue weighted by Gasteiger charge is -2.20. The maximum absolute atomic E-state index is 13.4. The Bertz CT molecular complexity index is 328. The van der Waals surface area contributed by atoms with Gasteiger partial charge in [0.2, 0.25) is 0 Å². The van der Waals surface area contributed by atoms with E-state index in [-0.39, 0.29) is 5.41 Å². The standard InChI is InChI=1S/C14H22FN/c1-14(2,3)12-6-4-5-11(9-12)10-13(15)7-8-16/h4-6,9,13H,7-8,10,16H2,1-3H3. The smallest absolute Gasteiger partial charge is 0.105 e. The molecule has 1 unspecified atom stereocenters. The fourth-order valence-corrected chi connectivity index (χ4v) is 1.70. The van der Waals surface area contributed by atoms with Crippen LogP contribution >= 0.6 is 0 Å². The van der Waals surface area contributed by atoms with Gasteiger partial charge in [0.05, 0.1) is 0 Å². The molecule has 0 aliphatic heterocycles. The van der Waals surface area contributed by atoms with Gasteiger partial charge in [-0.2, -0.15) is 0 Å². The van der Waals surface area contributed by atoms with E-state index in [1.165, 1.54) is 5.56 Å². The Morgan fingerprint density at radius 3 is 2.56 bits per heavy atom. The molecule has 0 aliphatic carbocycles. The van der Waals surface area contributed by atoms with E-state index in [0.29, 0.717) is 19.4 Å². The molecule has 0 fully saturated rings. The Kier molecular flexibility index (Phi) is 4.48. The highest BCUT2D eigenvalue weighted by Gasteiger charge is 2.14. The third-order valence-corrected chi connectivity index (χ3v) is 2.73. The van der Waals surface area contributed by atoms with E-state index < -0.39 is 6.17 Å². The maximum Gasteiger partial charge on any atom is 0.105 e. The number of nitrogens with two attached hydrogens (primary N) is 1. The van der Waals surface area contributed by atoms with Crippen molar-refractivity contribution in [3.8, 4) is 0 Å². The second-order valence-electron chi connectivity index (χ2n) is 5.33. The molecule has 0 heterocycles. The van der Waals surface area contributed by atoms with Crippen LogP contribution in [0, 0.1) is 0 Å². The summed E-state index contributed by atoms with van der Waals surface area (Å²) in [5.41, 5.74) is 7.78. The zero-order valence-corrected chi connectivity index (χ0v) is 10.5. The van der Waals surface area contributed by atoms with Gasteiger partial charge in [0.25, 0.3) is 0 Å². The van der Waals surface area contributed by atoms with Crippen molar-refractivity contribution >= 4 is 0 Å². The first kappa shape index (κ1) is 13.2. The van der Waals surface area contributed by atoms with Crippen molar-refractivity contribution < 1.29 is 4.39 Å². The molecule has 0 aliphatic rings. The monoisotopic (exact) mass is 223 g/mol. The van der Waals surface area contributed by atoms with Gasteiger partial charge in [0.15, 0.2) is 0 Å². The minimum Gasteiger partial charge on any atom is -0.330 e. The first-order chi connectivity index (χ1) is 7.43. The summed E-state index contributed by atoms with van der Waals surface area (Å²) >= 11 is 0. The van der Waals surface area contributed by atoms with E-state index >= 15 is 0 Å². The minimum absolute atomic E-state index is 0.121. The summed E-state index contributed by atoms with van der Waals surface area (Å²) in [6.07, 6.45) is 0.0983. The van der Waals surface area contributed by atoms with E-state index in [9.17, 15) is 4.39 Å². The van der Waals surface area contributed by atoms with Crippen LogP contribution in [0.2, 0.25) is 0 Å². The van der Waals surface area contributed by atoms with Gasteiger partial charge in [0, 0.05) is 6.42 Å². The van der Waals surface area contributed by atoms with Gasteiger partial charge >= 0.3 is 0 Å². The molecule has 0 amide bonds. The molecule has 0 radical (unpaired) electrons. The molecule has 1 rings (SSSR count). The Labute approximate surface area is 97.9 Å². The summed E-state index contributed by atoms with van der Waals surface area (Å²) in [4.78, 5) is 0. The predicted octanol–water partition coefficient (Wildman–Crippen LogP) is 3.21. The van der Waals surface area contributed by atoms with Crippen molar-refractivity contribution in [2.24, 2.45) is 5.73 Å². The van der Waals surface area contributed by atoms with Gasteiger partial charge in [0.1, 0.15) is 6.17 Å². The molecule has 1 aromatic carbocycles. The molecule has 90 valence electrons. The fraction of sp³-hybridized carbons (Fsp3) is 0.571. The summed E-state index contributed by atoms with van der Waals surface area (Å²) in [5, 5.41) is 0. The second-order valence-corrected chi connectivity index (χ2v) is 5.33. The van der Waals surface area contributed by atoms with E-state index in [1.807, 2.05) is 12.1 Å². The largest absolute Gasteiger partial charge is 0.330 e. The van der Waals surface area contributed by atoms with Gasteiger partial charge in [-0.1, -0.05) is 45.0 Å².